The normalized spacial score (nSPS) is 13.3. The fraction of sp³-hybridized carbons (Fsp3) is 0.286. The van der Waals surface area contributed by atoms with Crippen molar-refractivity contribution in [1.29, 1.82) is 0 Å². The molecule has 0 saturated carbocycles. The molecule has 0 amide bonds. The third-order valence-electron chi connectivity index (χ3n) is 4.66. The Labute approximate surface area is 162 Å². The van der Waals surface area contributed by atoms with Crippen LogP contribution in [0.5, 0.6) is 0 Å². The van der Waals surface area contributed by atoms with Gasteiger partial charge < -0.3 is 4.74 Å². The average Bonchev–Trinajstić information content (AvgIpc) is 2.68. The summed E-state index contributed by atoms with van der Waals surface area (Å²) in [7, 11) is 0. The molecule has 0 aliphatic heterocycles. The summed E-state index contributed by atoms with van der Waals surface area (Å²) in [6, 6.07) is 14.3. The number of halogens is 1. The molecular formula is C21H21ClN2O3. The van der Waals surface area contributed by atoms with Crippen molar-refractivity contribution in [3.8, 4) is 0 Å². The lowest BCUT2D eigenvalue weighted by atomic mass is 9.86. The molecule has 0 N–H and O–H groups in total. The van der Waals surface area contributed by atoms with Gasteiger partial charge in [-0.25, -0.2) is 4.98 Å². The molecule has 0 spiro atoms. The maximum atomic E-state index is 12.8. The molecule has 3 aromatic rings. The lowest BCUT2D eigenvalue weighted by molar-refractivity contribution is -0.148. The third kappa shape index (κ3) is 4.37. The van der Waals surface area contributed by atoms with Gasteiger partial charge in [0, 0.05) is 12.3 Å². The van der Waals surface area contributed by atoms with Crippen LogP contribution in [-0.2, 0) is 16.1 Å². The molecule has 0 unspecified atom stereocenters. The van der Waals surface area contributed by atoms with Crippen LogP contribution >= 0.6 is 11.6 Å². The summed E-state index contributed by atoms with van der Waals surface area (Å²) in [6.07, 6.45) is 2.36. The van der Waals surface area contributed by atoms with Gasteiger partial charge in [-0.15, -0.1) is 0 Å². The Balaban J connectivity index is 1.80. The van der Waals surface area contributed by atoms with E-state index in [2.05, 4.69) is 4.98 Å². The predicted molar refractivity (Wildman–Crippen MR) is 105 cm³/mol. The summed E-state index contributed by atoms with van der Waals surface area (Å²) in [4.78, 5) is 29.4. The van der Waals surface area contributed by atoms with Gasteiger partial charge in [0.25, 0.3) is 5.56 Å². The molecule has 0 fully saturated rings. The number of hydrogen-bond donors (Lipinski definition) is 0. The zero-order valence-electron chi connectivity index (χ0n) is 15.3. The van der Waals surface area contributed by atoms with Crippen molar-refractivity contribution in [2.24, 2.45) is 5.92 Å². The van der Waals surface area contributed by atoms with E-state index in [4.69, 9.17) is 16.3 Å². The Kier molecular flexibility index (Phi) is 5.91. The summed E-state index contributed by atoms with van der Waals surface area (Å²) >= 11 is 5.91. The molecule has 0 saturated heterocycles. The molecule has 2 aromatic heterocycles. The van der Waals surface area contributed by atoms with Crippen LogP contribution in [0.2, 0.25) is 5.02 Å². The summed E-state index contributed by atoms with van der Waals surface area (Å²) in [6.45, 7) is 4.03. The molecule has 140 valence electrons. The molecule has 27 heavy (non-hydrogen) atoms. The van der Waals surface area contributed by atoms with Crippen molar-refractivity contribution in [3.63, 3.8) is 0 Å². The van der Waals surface area contributed by atoms with E-state index < -0.39 is 0 Å². The lowest BCUT2D eigenvalue weighted by Crippen LogP contribution is -2.23. The summed E-state index contributed by atoms with van der Waals surface area (Å²) < 4.78 is 6.88. The van der Waals surface area contributed by atoms with E-state index in [1.165, 1.54) is 16.7 Å². The van der Waals surface area contributed by atoms with Crippen LogP contribution < -0.4 is 5.56 Å². The second-order valence-electron chi connectivity index (χ2n) is 6.54. The number of aromatic nitrogens is 2. The zero-order valence-corrected chi connectivity index (χ0v) is 16.0. The second kappa shape index (κ2) is 8.35. The van der Waals surface area contributed by atoms with Crippen LogP contribution in [-0.4, -0.2) is 15.4 Å². The fourth-order valence-corrected chi connectivity index (χ4v) is 3.19. The standard InChI is InChI=1S/C21H21ClN2O3/c1-3-14(2)20(15-7-5-4-6-8-15)21(26)27-13-17-11-19(25)24-12-16(22)9-10-18(24)23-17/h4-12,14,20H,3,13H2,1-2H3/t14-,20-/m0/s1. The van der Waals surface area contributed by atoms with Gasteiger partial charge in [0.1, 0.15) is 12.3 Å². The Morgan fingerprint density at radius 2 is 1.96 bits per heavy atom. The van der Waals surface area contributed by atoms with Gasteiger partial charge in [-0.05, 0) is 23.6 Å². The highest BCUT2D eigenvalue weighted by Gasteiger charge is 2.27. The quantitative estimate of drug-likeness (QED) is 0.597. The number of hydrogen-bond acceptors (Lipinski definition) is 4. The first-order valence-corrected chi connectivity index (χ1v) is 9.26. The first-order chi connectivity index (χ1) is 13.0. The number of fused-ring (bicyclic) bond motifs is 1. The van der Waals surface area contributed by atoms with Gasteiger partial charge in [0.15, 0.2) is 0 Å². The highest BCUT2D eigenvalue weighted by atomic mass is 35.5. The Hall–Kier alpha value is -2.66. The maximum Gasteiger partial charge on any atom is 0.314 e. The molecular weight excluding hydrogens is 364 g/mol. The first kappa shape index (κ1) is 19.1. The summed E-state index contributed by atoms with van der Waals surface area (Å²) in [5.74, 6) is -0.526. The third-order valence-corrected chi connectivity index (χ3v) is 4.89. The highest BCUT2D eigenvalue weighted by Crippen LogP contribution is 2.28. The monoisotopic (exact) mass is 384 g/mol. The molecule has 0 aliphatic rings. The van der Waals surface area contributed by atoms with Crippen molar-refractivity contribution in [1.82, 2.24) is 9.38 Å². The number of nitrogens with zero attached hydrogens (tertiary/aromatic N) is 2. The van der Waals surface area contributed by atoms with Crippen molar-refractivity contribution in [2.75, 3.05) is 0 Å². The largest absolute Gasteiger partial charge is 0.459 e. The van der Waals surface area contributed by atoms with E-state index in [0.29, 0.717) is 16.4 Å². The van der Waals surface area contributed by atoms with Gasteiger partial charge in [0.05, 0.1) is 16.6 Å². The fourth-order valence-electron chi connectivity index (χ4n) is 3.03. The number of benzene rings is 1. The van der Waals surface area contributed by atoms with E-state index in [1.807, 2.05) is 44.2 Å². The molecule has 2 atom stereocenters. The average molecular weight is 385 g/mol. The molecule has 3 rings (SSSR count). The number of esters is 1. The summed E-state index contributed by atoms with van der Waals surface area (Å²) in [5, 5.41) is 0.449. The first-order valence-electron chi connectivity index (χ1n) is 8.89. The molecule has 0 bridgehead atoms. The van der Waals surface area contributed by atoms with Crippen molar-refractivity contribution in [2.45, 2.75) is 32.8 Å². The van der Waals surface area contributed by atoms with E-state index in [-0.39, 0.29) is 30.0 Å². The Bertz CT molecular complexity index is 1000. The van der Waals surface area contributed by atoms with E-state index in [9.17, 15) is 9.59 Å². The van der Waals surface area contributed by atoms with Gasteiger partial charge in [0.2, 0.25) is 0 Å². The van der Waals surface area contributed by atoms with Crippen LogP contribution in [0.15, 0.2) is 59.5 Å². The second-order valence-corrected chi connectivity index (χ2v) is 6.98. The van der Waals surface area contributed by atoms with Crippen molar-refractivity contribution < 1.29 is 9.53 Å². The topological polar surface area (TPSA) is 60.7 Å². The SMILES string of the molecule is CC[C@H](C)[C@H](C(=O)OCc1cc(=O)n2cc(Cl)ccc2n1)c1ccccc1. The highest BCUT2D eigenvalue weighted by molar-refractivity contribution is 6.30. The van der Waals surface area contributed by atoms with E-state index in [0.717, 1.165) is 12.0 Å². The predicted octanol–water partition coefficient (Wildman–Crippen LogP) is 4.22. The minimum atomic E-state index is -0.350. The summed E-state index contributed by atoms with van der Waals surface area (Å²) in [5.41, 5.74) is 1.53. The van der Waals surface area contributed by atoms with Crippen LogP contribution in [0.3, 0.4) is 0 Å². The van der Waals surface area contributed by atoms with Gasteiger partial charge in [-0.1, -0.05) is 62.2 Å². The molecule has 6 heteroatoms. The van der Waals surface area contributed by atoms with Crippen LogP contribution in [0.4, 0.5) is 0 Å². The minimum absolute atomic E-state index is 0.0486. The van der Waals surface area contributed by atoms with Crippen LogP contribution in [0, 0.1) is 5.92 Å². The molecule has 1 aromatic carbocycles. The van der Waals surface area contributed by atoms with Crippen LogP contribution in [0.25, 0.3) is 5.65 Å². The Morgan fingerprint density at radius 1 is 1.22 bits per heavy atom. The van der Waals surface area contributed by atoms with E-state index >= 15 is 0 Å². The van der Waals surface area contributed by atoms with Gasteiger partial charge in [-0.3, -0.25) is 14.0 Å². The number of pyridine rings is 1. The lowest BCUT2D eigenvalue weighted by Gasteiger charge is -2.21. The van der Waals surface area contributed by atoms with Crippen molar-refractivity contribution in [3.05, 3.63) is 81.4 Å². The van der Waals surface area contributed by atoms with Gasteiger partial charge >= 0.3 is 5.97 Å². The maximum absolute atomic E-state index is 12.8. The smallest absolute Gasteiger partial charge is 0.314 e. The molecule has 0 aliphatic carbocycles. The number of carbonyl (C=O) groups is 1. The van der Waals surface area contributed by atoms with E-state index in [1.54, 1.807) is 12.1 Å². The molecule has 5 nitrogen and oxygen atoms in total. The zero-order chi connectivity index (χ0) is 19.4. The van der Waals surface area contributed by atoms with Crippen molar-refractivity contribution >= 4 is 23.2 Å². The molecule has 0 radical (unpaired) electrons. The number of rotatable bonds is 6. The molecule has 2 heterocycles. The minimum Gasteiger partial charge on any atom is -0.459 e. The van der Waals surface area contributed by atoms with Gasteiger partial charge in [-0.2, -0.15) is 0 Å². The number of ether oxygens (including phenoxy) is 1. The number of carbonyl (C=O) groups excluding carboxylic acids is 1. The van der Waals surface area contributed by atoms with Crippen LogP contribution in [0.1, 0.15) is 37.4 Å². The Morgan fingerprint density at radius 3 is 2.67 bits per heavy atom.